The molecule has 0 aliphatic carbocycles. The molecule has 2 aromatic rings. The van der Waals surface area contributed by atoms with Crippen LogP contribution >= 0.6 is 0 Å². The lowest BCUT2D eigenvalue weighted by Crippen LogP contribution is -1.97. The van der Waals surface area contributed by atoms with Crippen LogP contribution < -0.4 is 4.74 Å². The van der Waals surface area contributed by atoms with Crippen LogP contribution in [0.2, 0.25) is 0 Å². The van der Waals surface area contributed by atoms with E-state index in [0.29, 0.717) is 23.7 Å². The number of hydrogen-bond donors (Lipinski definition) is 0. The highest BCUT2D eigenvalue weighted by atomic mass is 16.5. The predicted octanol–water partition coefficient (Wildman–Crippen LogP) is 2.66. The summed E-state index contributed by atoms with van der Waals surface area (Å²) in [6.07, 6.45) is 2.30. The van der Waals surface area contributed by atoms with E-state index in [1.807, 2.05) is 31.2 Å². The van der Waals surface area contributed by atoms with E-state index in [1.54, 1.807) is 13.1 Å². The van der Waals surface area contributed by atoms with Crippen LogP contribution in [0.3, 0.4) is 0 Å². The number of ether oxygens (including phenoxy) is 1. The first-order chi connectivity index (χ1) is 8.74. The van der Waals surface area contributed by atoms with Gasteiger partial charge in [-0.1, -0.05) is 0 Å². The minimum absolute atomic E-state index is 0.518. The van der Waals surface area contributed by atoms with E-state index >= 15 is 0 Å². The molecule has 0 unspecified atom stereocenters. The second kappa shape index (κ2) is 5.40. The summed E-state index contributed by atoms with van der Waals surface area (Å²) in [5.41, 5.74) is 2.10. The molecule has 1 aromatic carbocycles. The summed E-state index contributed by atoms with van der Waals surface area (Å²) in [5.74, 6) is 1.43. The van der Waals surface area contributed by atoms with Gasteiger partial charge in [0, 0.05) is 11.8 Å². The molecule has 0 spiro atoms. The van der Waals surface area contributed by atoms with Crippen LogP contribution in [-0.4, -0.2) is 22.9 Å². The number of nitrogens with zero attached hydrogens (tertiary/aromatic N) is 2. The molecule has 0 aliphatic rings. The summed E-state index contributed by atoms with van der Waals surface area (Å²) in [5, 5.41) is 0. The van der Waals surface area contributed by atoms with E-state index in [4.69, 9.17) is 4.74 Å². The average Bonchev–Trinajstić information content (AvgIpc) is 2.40. The Labute approximate surface area is 106 Å². The van der Waals surface area contributed by atoms with Gasteiger partial charge in [-0.15, -0.1) is 0 Å². The Morgan fingerprint density at radius 1 is 1.28 bits per heavy atom. The Bertz CT molecular complexity index is 550. The van der Waals surface area contributed by atoms with Crippen molar-refractivity contribution < 1.29 is 9.53 Å². The highest BCUT2D eigenvalue weighted by Crippen LogP contribution is 2.19. The van der Waals surface area contributed by atoms with Crippen LogP contribution in [-0.2, 0) is 0 Å². The van der Waals surface area contributed by atoms with Crippen molar-refractivity contribution in [2.45, 2.75) is 13.8 Å². The summed E-state index contributed by atoms with van der Waals surface area (Å²) in [4.78, 5) is 19.2. The molecular formula is C14H14N2O2. The van der Waals surface area contributed by atoms with E-state index in [1.165, 1.54) is 0 Å². The van der Waals surface area contributed by atoms with Crippen LogP contribution in [0.4, 0.5) is 0 Å². The van der Waals surface area contributed by atoms with Crippen molar-refractivity contribution in [2.75, 3.05) is 6.61 Å². The van der Waals surface area contributed by atoms with Gasteiger partial charge in [-0.05, 0) is 38.1 Å². The molecule has 0 saturated carbocycles. The fraction of sp³-hybridized carbons (Fsp3) is 0.214. The van der Waals surface area contributed by atoms with Gasteiger partial charge in [0.2, 0.25) is 0 Å². The minimum Gasteiger partial charge on any atom is -0.494 e. The Hall–Kier alpha value is -2.23. The van der Waals surface area contributed by atoms with E-state index in [0.717, 1.165) is 17.6 Å². The second-order valence-electron chi connectivity index (χ2n) is 3.81. The first-order valence-corrected chi connectivity index (χ1v) is 5.76. The smallest absolute Gasteiger partial charge is 0.159 e. The van der Waals surface area contributed by atoms with Gasteiger partial charge in [0.1, 0.15) is 5.75 Å². The molecule has 92 valence electrons. The third-order valence-corrected chi connectivity index (χ3v) is 2.57. The summed E-state index contributed by atoms with van der Waals surface area (Å²) in [6.45, 7) is 4.38. The molecule has 4 heteroatoms. The molecule has 0 amide bonds. The van der Waals surface area contributed by atoms with Crippen molar-refractivity contribution in [3.8, 4) is 17.1 Å². The summed E-state index contributed by atoms with van der Waals surface area (Å²) < 4.78 is 5.37. The number of carbonyl (C=O) groups excluding carboxylic acids is 1. The molecule has 1 aromatic heterocycles. The van der Waals surface area contributed by atoms with Crippen molar-refractivity contribution in [1.82, 2.24) is 9.97 Å². The molecule has 18 heavy (non-hydrogen) atoms. The van der Waals surface area contributed by atoms with Crippen molar-refractivity contribution in [3.63, 3.8) is 0 Å². The maximum atomic E-state index is 10.7. The molecule has 0 fully saturated rings. The number of carbonyl (C=O) groups is 1. The highest BCUT2D eigenvalue weighted by Gasteiger charge is 2.05. The minimum atomic E-state index is 0.518. The van der Waals surface area contributed by atoms with Gasteiger partial charge in [-0.2, -0.15) is 0 Å². The summed E-state index contributed by atoms with van der Waals surface area (Å²) >= 11 is 0. The number of rotatable bonds is 4. The van der Waals surface area contributed by atoms with Crippen LogP contribution in [0.1, 0.15) is 23.0 Å². The second-order valence-corrected chi connectivity index (χ2v) is 3.81. The van der Waals surface area contributed by atoms with Crippen LogP contribution in [0, 0.1) is 6.92 Å². The normalized spacial score (nSPS) is 10.1. The summed E-state index contributed by atoms with van der Waals surface area (Å²) in [7, 11) is 0. The van der Waals surface area contributed by atoms with E-state index in [2.05, 4.69) is 9.97 Å². The van der Waals surface area contributed by atoms with Crippen molar-refractivity contribution >= 4 is 6.29 Å². The number of hydrogen-bond acceptors (Lipinski definition) is 4. The lowest BCUT2D eigenvalue weighted by Gasteiger charge is -2.05. The van der Waals surface area contributed by atoms with E-state index in [-0.39, 0.29) is 0 Å². The van der Waals surface area contributed by atoms with Gasteiger partial charge in [-0.3, -0.25) is 4.79 Å². The molecular weight excluding hydrogens is 228 g/mol. The molecule has 2 rings (SSSR count). The molecule has 0 radical (unpaired) electrons. The van der Waals surface area contributed by atoms with E-state index < -0.39 is 0 Å². The van der Waals surface area contributed by atoms with Crippen LogP contribution in [0.25, 0.3) is 11.4 Å². The molecule has 0 saturated heterocycles. The van der Waals surface area contributed by atoms with Crippen molar-refractivity contribution in [3.05, 3.63) is 41.7 Å². The number of benzene rings is 1. The van der Waals surface area contributed by atoms with Gasteiger partial charge in [0.15, 0.2) is 12.1 Å². The van der Waals surface area contributed by atoms with Gasteiger partial charge in [0.05, 0.1) is 17.9 Å². The Balaban J connectivity index is 2.30. The quantitative estimate of drug-likeness (QED) is 0.773. The lowest BCUT2D eigenvalue weighted by molar-refractivity contribution is 0.112. The lowest BCUT2D eigenvalue weighted by atomic mass is 10.2. The van der Waals surface area contributed by atoms with E-state index in [9.17, 15) is 4.79 Å². The maximum absolute atomic E-state index is 10.7. The molecule has 0 bridgehead atoms. The topological polar surface area (TPSA) is 52.1 Å². The maximum Gasteiger partial charge on any atom is 0.159 e. The van der Waals surface area contributed by atoms with Crippen LogP contribution in [0.15, 0.2) is 30.5 Å². The fourth-order valence-electron chi connectivity index (χ4n) is 1.60. The average molecular weight is 242 g/mol. The zero-order valence-electron chi connectivity index (χ0n) is 10.4. The molecule has 0 N–H and O–H groups in total. The summed E-state index contributed by atoms with van der Waals surface area (Å²) in [6, 6.07) is 7.57. The third kappa shape index (κ3) is 2.53. The first-order valence-electron chi connectivity index (χ1n) is 5.76. The monoisotopic (exact) mass is 242 g/mol. The standard InChI is InChI=1S/C14H14N2O2/c1-3-18-13-6-4-11(5-7-13)14-15-8-12(9-17)10(2)16-14/h4-9H,3H2,1-2H3. The number of aryl methyl sites for hydroxylation is 1. The molecule has 4 nitrogen and oxygen atoms in total. The highest BCUT2D eigenvalue weighted by molar-refractivity contribution is 5.76. The number of aromatic nitrogens is 2. The largest absolute Gasteiger partial charge is 0.494 e. The Morgan fingerprint density at radius 3 is 2.56 bits per heavy atom. The van der Waals surface area contributed by atoms with Gasteiger partial charge in [-0.25, -0.2) is 9.97 Å². The van der Waals surface area contributed by atoms with Crippen molar-refractivity contribution in [1.29, 1.82) is 0 Å². The SMILES string of the molecule is CCOc1ccc(-c2ncc(C=O)c(C)n2)cc1. The zero-order valence-corrected chi connectivity index (χ0v) is 10.4. The van der Waals surface area contributed by atoms with Gasteiger partial charge in [0.25, 0.3) is 0 Å². The Morgan fingerprint density at radius 2 is 2.00 bits per heavy atom. The third-order valence-electron chi connectivity index (χ3n) is 2.57. The van der Waals surface area contributed by atoms with Gasteiger partial charge < -0.3 is 4.74 Å². The van der Waals surface area contributed by atoms with Gasteiger partial charge >= 0.3 is 0 Å². The van der Waals surface area contributed by atoms with Crippen LogP contribution in [0.5, 0.6) is 5.75 Å². The first kappa shape index (κ1) is 12.2. The molecule has 0 aliphatic heterocycles. The zero-order chi connectivity index (χ0) is 13.0. The Kier molecular flexibility index (Phi) is 3.67. The number of aldehydes is 1. The molecule has 1 heterocycles. The predicted molar refractivity (Wildman–Crippen MR) is 68.8 cm³/mol. The fourth-order valence-corrected chi connectivity index (χ4v) is 1.60. The molecule has 0 atom stereocenters. The van der Waals surface area contributed by atoms with Crippen molar-refractivity contribution in [2.24, 2.45) is 0 Å².